The summed E-state index contributed by atoms with van der Waals surface area (Å²) in [4.78, 5) is 15.5. The molecule has 1 aromatic carbocycles. The average molecular weight is 349 g/mol. The molecule has 0 bridgehead atoms. The molecule has 1 heterocycles. The van der Waals surface area contributed by atoms with Crippen LogP contribution in [0.1, 0.15) is 17.5 Å². The van der Waals surface area contributed by atoms with Gasteiger partial charge in [-0.2, -0.15) is 4.39 Å². The fraction of sp³-hybridized carbons (Fsp3) is 0.250. The van der Waals surface area contributed by atoms with Crippen molar-refractivity contribution in [1.82, 2.24) is 9.71 Å². The Kier molecular flexibility index (Phi) is 4.23. The lowest BCUT2D eigenvalue weighted by Crippen LogP contribution is -2.33. The minimum absolute atomic E-state index is 0.511. The van der Waals surface area contributed by atoms with Gasteiger partial charge in [0.15, 0.2) is 0 Å². The van der Waals surface area contributed by atoms with Gasteiger partial charge in [0.2, 0.25) is 16.0 Å². The number of anilines is 1. The molecule has 8 heteroatoms. The Morgan fingerprint density at radius 3 is 2.75 bits per heavy atom. The van der Waals surface area contributed by atoms with E-state index >= 15 is 0 Å². The largest absolute Gasteiger partial charge is 0.332 e. The average Bonchev–Trinajstić information content (AvgIpc) is 2.94. The van der Waals surface area contributed by atoms with Crippen molar-refractivity contribution in [1.29, 1.82) is 0 Å². The molecular weight excluding hydrogens is 333 g/mol. The summed E-state index contributed by atoms with van der Waals surface area (Å²) in [6.45, 7) is 0. The molecule has 3 rings (SSSR count). The second kappa shape index (κ2) is 6.20. The number of fused-ring (bicyclic) bond motifs is 1. The summed E-state index contributed by atoms with van der Waals surface area (Å²) in [6, 6.07) is 5.83. The number of amides is 2. The van der Waals surface area contributed by atoms with Gasteiger partial charge in [-0.05, 0) is 42.0 Å². The van der Waals surface area contributed by atoms with Crippen molar-refractivity contribution >= 4 is 21.7 Å². The van der Waals surface area contributed by atoms with Crippen LogP contribution in [0.3, 0.4) is 0 Å². The molecule has 126 valence electrons. The normalized spacial score (nSPS) is 13.4. The third-order valence-corrected chi connectivity index (χ3v) is 4.39. The highest BCUT2D eigenvalue weighted by Gasteiger charge is 2.21. The van der Waals surface area contributed by atoms with E-state index in [1.807, 2.05) is 10.8 Å². The van der Waals surface area contributed by atoms with Crippen molar-refractivity contribution in [2.45, 2.75) is 19.3 Å². The molecule has 0 unspecified atom stereocenters. The highest BCUT2D eigenvalue weighted by molar-refractivity contribution is 7.89. The number of aromatic nitrogens is 1. The van der Waals surface area contributed by atoms with Gasteiger partial charge in [0.25, 0.3) is 0 Å². The minimum atomic E-state index is -3.67. The van der Waals surface area contributed by atoms with Crippen LogP contribution in [0.25, 0.3) is 11.1 Å². The summed E-state index contributed by atoms with van der Waals surface area (Å²) < 4.78 is 37.8. The maximum Gasteiger partial charge on any atom is 0.332 e. The monoisotopic (exact) mass is 349 g/mol. The second-order valence-corrected chi connectivity index (χ2v) is 7.42. The number of hydrogen-bond donors (Lipinski definition) is 2. The fourth-order valence-electron chi connectivity index (χ4n) is 2.93. The first kappa shape index (κ1) is 16.4. The summed E-state index contributed by atoms with van der Waals surface area (Å²) in [5.41, 5.74) is 3.75. The molecule has 0 spiro atoms. The van der Waals surface area contributed by atoms with Gasteiger partial charge in [-0.15, -0.1) is 0 Å². The Morgan fingerprint density at radius 1 is 1.25 bits per heavy atom. The quantitative estimate of drug-likeness (QED) is 0.833. The van der Waals surface area contributed by atoms with E-state index < -0.39 is 22.0 Å². The molecule has 6 nitrogen and oxygen atoms in total. The number of carbonyl (C=O) groups is 1. The molecule has 0 saturated heterocycles. The highest BCUT2D eigenvalue weighted by Crippen LogP contribution is 2.37. The van der Waals surface area contributed by atoms with Crippen LogP contribution in [0.4, 0.5) is 14.9 Å². The summed E-state index contributed by atoms with van der Waals surface area (Å²) in [5, 5.41) is 2.61. The van der Waals surface area contributed by atoms with Crippen LogP contribution >= 0.6 is 0 Å². The van der Waals surface area contributed by atoms with Gasteiger partial charge in [-0.3, -0.25) is 0 Å². The fourth-order valence-corrected chi connectivity index (χ4v) is 3.31. The first-order valence-corrected chi connectivity index (χ1v) is 9.28. The smallest absolute Gasteiger partial charge is 0.306 e. The summed E-state index contributed by atoms with van der Waals surface area (Å²) in [5.74, 6) is -0.625. The minimum Gasteiger partial charge on any atom is -0.306 e. The van der Waals surface area contributed by atoms with Crippen molar-refractivity contribution in [3.8, 4) is 11.1 Å². The standard InChI is InChI=1S/C16H16FN3O3S/c1-24(22,23)20-16(21)19-15-12-4-2-3-10(12)5-6-13(15)11-7-8-18-14(17)9-11/h5-9H,2-4H2,1H3,(H2,19,20,21). The van der Waals surface area contributed by atoms with Gasteiger partial charge in [-0.1, -0.05) is 12.1 Å². The summed E-state index contributed by atoms with van der Waals surface area (Å²) >= 11 is 0. The van der Waals surface area contributed by atoms with Crippen LogP contribution < -0.4 is 10.0 Å². The topological polar surface area (TPSA) is 88.2 Å². The molecule has 1 aliphatic carbocycles. The van der Waals surface area contributed by atoms with Gasteiger partial charge in [0, 0.05) is 17.8 Å². The number of hydrogen-bond acceptors (Lipinski definition) is 4. The van der Waals surface area contributed by atoms with Crippen LogP contribution in [0.15, 0.2) is 30.5 Å². The third-order valence-electron chi connectivity index (χ3n) is 3.84. The molecule has 0 atom stereocenters. The van der Waals surface area contributed by atoms with Gasteiger partial charge in [0.05, 0.1) is 11.9 Å². The number of carbonyl (C=O) groups excluding carboxylic acids is 1. The Labute approximate surface area is 139 Å². The van der Waals surface area contributed by atoms with Crippen molar-refractivity contribution in [3.05, 3.63) is 47.5 Å². The molecule has 0 saturated carbocycles. The first-order valence-electron chi connectivity index (χ1n) is 7.39. The van der Waals surface area contributed by atoms with E-state index in [9.17, 15) is 17.6 Å². The lowest BCUT2D eigenvalue weighted by atomic mass is 9.98. The molecule has 1 aromatic heterocycles. The molecule has 0 fully saturated rings. The van der Waals surface area contributed by atoms with E-state index in [1.54, 1.807) is 12.1 Å². The third kappa shape index (κ3) is 3.53. The van der Waals surface area contributed by atoms with Crippen molar-refractivity contribution in [2.24, 2.45) is 0 Å². The predicted molar refractivity (Wildman–Crippen MR) is 88.7 cm³/mol. The van der Waals surface area contributed by atoms with E-state index in [0.717, 1.165) is 36.6 Å². The maximum atomic E-state index is 13.5. The zero-order valence-corrected chi connectivity index (χ0v) is 13.8. The SMILES string of the molecule is CS(=O)(=O)NC(=O)Nc1c(-c2ccnc(F)c2)ccc2c1CCC2. The van der Waals surface area contributed by atoms with Crippen LogP contribution in [0.2, 0.25) is 0 Å². The van der Waals surface area contributed by atoms with Crippen LogP contribution in [-0.2, 0) is 22.9 Å². The number of rotatable bonds is 3. The molecule has 0 aliphatic heterocycles. The molecule has 0 radical (unpaired) electrons. The van der Waals surface area contributed by atoms with E-state index in [1.165, 1.54) is 12.3 Å². The van der Waals surface area contributed by atoms with Crippen LogP contribution in [0.5, 0.6) is 0 Å². The summed E-state index contributed by atoms with van der Waals surface area (Å²) in [7, 11) is -3.67. The highest BCUT2D eigenvalue weighted by atomic mass is 32.2. The second-order valence-electron chi connectivity index (χ2n) is 5.67. The Bertz CT molecular complexity index is 913. The lowest BCUT2D eigenvalue weighted by Gasteiger charge is -2.16. The number of nitrogens with one attached hydrogen (secondary N) is 2. The van der Waals surface area contributed by atoms with Gasteiger partial charge < -0.3 is 5.32 Å². The van der Waals surface area contributed by atoms with E-state index in [4.69, 9.17) is 0 Å². The molecule has 2 N–H and O–H groups in total. The van der Waals surface area contributed by atoms with Crippen LogP contribution in [-0.4, -0.2) is 25.7 Å². The van der Waals surface area contributed by atoms with Gasteiger partial charge >= 0.3 is 6.03 Å². The molecule has 1 aliphatic rings. The maximum absolute atomic E-state index is 13.5. The number of benzene rings is 1. The van der Waals surface area contributed by atoms with Gasteiger partial charge in [0.1, 0.15) is 0 Å². The van der Waals surface area contributed by atoms with E-state index in [0.29, 0.717) is 16.8 Å². The molecule has 2 amide bonds. The van der Waals surface area contributed by atoms with Crippen molar-refractivity contribution in [2.75, 3.05) is 11.6 Å². The Hall–Kier alpha value is -2.48. The zero-order chi connectivity index (χ0) is 17.3. The number of aryl methyl sites for hydroxylation is 1. The summed E-state index contributed by atoms with van der Waals surface area (Å²) in [6.07, 6.45) is 4.86. The van der Waals surface area contributed by atoms with Crippen molar-refractivity contribution in [3.63, 3.8) is 0 Å². The van der Waals surface area contributed by atoms with Crippen LogP contribution in [0, 0.1) is 5.95 Å². The Morgan fingerprint density at radius 2 is 2.04 bits per heavy atom. The Balaban J connectivity index is 2.05. The number of sulfonamides is 1. The number of nitrogens with zero attached hydrogens (tertiary/aromatic N) is 1. The number of halogens is 1. The zero-order valence-electron chi connectivity index (χ0n) is 13.0. The lowest BCUT2D eigenvalue weighted by molar-refractivity contribution is 0.256. The molecular formula is C16H16FN3O3S. The predicted octanol–water partition coefficient (Wildman–Crippen LogP) is 2.46. The first-order chi connectivity index (χ1) is 11.3. The van der Waals surface area contributed by atoms with E-state index in [-0.39, 0.29) is 0 Å². The number of urea groups is 1. The molecule has 2 aromatic rings. The van der Waals surface area contributed by atoms with Crippen molar-refractivity contribution < 1.29 is 17.6 Å². The van der Waals surface area contributed by atoms with Gasteiger partial charge in [-0.25, -0.2) is 22.9 Å². The number of pyridine rings is 1. The van der Waals surface area contributed by atoms with E-state index in [2.05, 4.69) is 10.3 Å². The molecule has 24 heavy (non-hydrogen) atoms.